The van der Waals surface area contributed by atoms with E-state index in [1.54, 1.807) is 12.1 Å². The first-order valence-corrected chi connectivity index (χ1v) is 7.53. The Morgan fingerprint density at radius 3 is 2.48 bits per heavy atom. The van der Waals surface area contributed by atoms with Crippen LogP contribution >= 0.6 is 0 Å². The number of hydrogen-bond donors (Lipinski definition) is 1. The van der Waals surface area contributed by atoms with E-state index in [9.17, 15) is 19.7 Å². The molecule has 0 fully saturated rings. The van der Waals surface area contributed by atoms with Gasteiger partial charge in [-0.1, -0.05) is 0 Å². The lowest BCUT2D eigenvalue weighted by molar-refractivity contribution is -0.383. The number of carbonyl (C=O) groups is 2. The summed E-state index contributed by atoms with van der Waals surface area (Å²) < 4.78 is 13.9. The Balaban J connectivity index is 1.74. The zero-order valence-electron chi connectivity index (χ0n) is 13.9. The number of ether oxygens (including phenoxy) is 2. The molecular weight excluding hydrogens is 360 g/mol. The molecule has 11 nitrogen and oxygen atoms in total. The number of carbonyl (C=O) groups excluding carboxylic acids is 2. The molecule has 2 aromatic carbocycles. The summed E-state index contributed by atoms with van der Waals surface area (Å²) in [7, 11) is 0. The van der Waals surface area contributed by atoms with Crippen molar-refractivity contribution in [2.75, 3.05) is 12.1 Å². The highest BCUT2D eigenvalue weighted by atomic mass is 16.7. The van der Waals surface area contributed by atoms with Crippen LogP contribution in [0.2, 0.25) is 0 Å². The number of esters is 2. The molecule has 27 heavy (non-hydrogen) atoms. The van der Waals surface area contributed by atoms with Gasteiger partial charge in [-0.3, -0.25) is 14.9 Å². The first-order chi connectivity index (χ1) is 13.0. The van der Waals surface area contributed by atoms with Crippen molar-refractivity contribution < 1.29 is 28.6 Å². The van der Waals surface area contributed by atoms with Crippen molar-refractivity contribution in [3.05, 3.63) is 52.1 Å². The second kappa shape index (κ2) is 7.47. The molecule has 3 rings (SSSR count). The molecule has 11 heteroatoms. The van der Waals surface area contributed by atoms with Gasteiger partial charge in [-0.05, 0) is 40.6 Å². The van der Waals surface area contributed by atoms with Gasteiger partial charge in [-0.25, -0.2) is 9.42 Å². The van der Waals surface area contributed by atoms with Gasteiger partial charge in [0.1, 0.15) is 0 Å². The molecule has 138 valence electrons. The summed E-state index contributed by atoms with van der Waals surface area (Å²) in [6.07, 6.45) is 0. The highest BCUT2D eigenvalue weighted by molar-refractivity contribution is 5.95. The van der Waals surface area contributed by atoms with Crippen molar-refractivity contribution in [3.63, 3.8) is 0 Å². The average Bonchev–Trinajstić information content (AvgIpc) is 3.12. The third-order valence-electron chi connectivity index (χ3n) is 3.44. The van der Waals surface area contributed by atoms with Gasteiger partial charge in [0.2, 0.25) is 12.3 Å². The quantitative estimate of drug-likeness (QED) is 0.296. The van der Waals surface area contributed by atoms with Crippen LogP contribution in [0.15, 0.2) is 41.0 Å². The van der Waals surface area contributed by atoms with Gasteiger partial charge in [0.25, 0.3) is 0 Å². The first-order valence-electron chi connectivity index (χ1n) is 7.53. The van der Waals surface area contributed by atoms with E-state index in [-0.39, 0.29) is 22.3 Å². The van der Waals surface area contributed by atoms with Crippen molar-refractivity contribution in [1.29, 1.82) is 0 Å². The number of non-ortho nitro benzene ring substituents is 1. The molecule has 0 spiro atoms. The number of fused-ring (bicyclic) bond motifs is 1. The summed E-state index contributed by atoms with van der Waals surface area (Å²) in [4.78, 5) is 32.9. The highest BCUT2D eigenvalue weighted by Gasteiger charge is 2.19. The molecule has 0 saturated carbocycles. The lowest BCUT2D eigenvalue weighted by Gasteiger charge is -2.08. The third-order valence-corrected chi connectivity index (χ3v) is 3.44. The SMILES string of the molecule is CC(=O)OCOC(=O)c1ccc(Nc2ccc([N+](=O)[O-])c3nonc23)cc1. The number of nitrogens with one attached hydrogen (secondary N) is 1. The van der Waals surface area contributed by atoms with Crippen molar-refractivity contribution in [3.8, 4) is 0 Å². The van der Waals surface area contributed by atoms with Gasteiger partial charge in [-0.2, -0.15) is 0 Å². The number of nitro groups is 1. The molecule has 0 aliphatic carbocycles. The molecule has 0 saturated heterocycles. The molecule has 0 radical (unpaired) electrons. The third kappa shape index (κ3) is 3.98. The molecular formula is C16H12N4O7. The van der Waals surface area contributed by atoms with Crippen molar-refractivity contribution >= 4 is 40.0 Å². The fraction of sp³-hybridized carbons (Fsp3) is 0.125. The van der Waals surface area contributed by atoms with Crippen molar-refractivity contribution in [2.24, 2.45) is 0 Å². The normalized spacial score (nSPS) is 10.4. The smallest absolute Gasteiger partial charge is 0.341 e. The Kier molecular flexibility index (Phi) is 4.92. The minimum absolute atomic E-state index is 0.0238. The van der Waals surface area contributed by atoms with E-state index < -0.39 is 23.7 Å². The van der Waals surface area contributed by atoms with E-state index in [0.717, 1.165) is 0 Å². The molecule has 0 atom stereocenters. The zero-order chi connectivity index (χ0) is 19.4. The number of aromatic nitrogens is 2. The van der Waals surface area contributed by atoms with Gasteiger partial charge in [0.05, 0.1) is 16.2 Å². The summed E-state index contributed by atoms with van der Waals surface area (Å²) in [5, 5.41) is 21.3. The second-order valence-electron chi connectivity index (χ2n) is 5.24. The number of hydrogen-bond acceptors (Lipinski definition) is 10. The molecule has 0 amide bonds. The largest absolute Gasteiger partial charge is 0.428 e. The van der Waals surface area contributed by atoms with E-state index in [4.69, 9.17) is 4.74 Å². The van der Waals surface area contributed by atoms with Crippen molar-refractivity contribution in [2.45, 2.75) is 6.92 Å². The van der Waals surface area contributed by atoms with Crippen LogP contribution in [0.5, 0.6) is 0 Å². The lowest BCUT2D eigenvalue weighted by atomic mass is 10.2. The minimum atomic E-state index is -0.652. The summed E-state index contributed by atoms with van der Waals surface area (Å²) in [6.45, 7) is 0.738. The number of anilines is 2. The van der Waals surface area contributed by atoms with E-state index in [2.05, 4.69) is 25.0 Å². The second-order valence-corrected chi connectivity index (χ2v) is 5.24. The molecule has 1 heterocycles. The van der Waals surface area contributed by atoms with Crippen LogP contribution < -0.4 is 5.32 Å². The van der Waals surface area contributed by atoms with Gasteiger partial charge >= 0.3 is 17.6 Å². The van der Waals surface area contributed by atoms with E-state index in [0.29, 0.717) is 11.4 Å². The maximum atomic E-state index is 11.8. The van der Waals surface area contributed by atoms with Crippen LogP contribution in [0.25, 0.3) is 11.0 Å². The Labute approximate surface area is 151 Å². The minimum Gasteiger partial charge on any atom is -0.428 e. The fourth-order valence-electron chi connectivity index (χ4n) is 2.20. The van der Waals surface area contributed by atoms with E-state index in [1.807, 2.05) is 0 Å². The summed E-state index contributed by atoms with van der Waals surface area (Å²) in [5.41, 5.74) is 1.30. The topological polar surface area (TPSA) is 147 Å². The summed E-state index contributed by atoms with van der Waals surface area (Å²) in [5.74, 6) is -1.21. The average molecular weight is 372 g/mol. The maximum absolute atomic E-state index is 11.8. The zero-order valence-corrected chi connectivity index (χ0v) is 13.9. The van der Waals surface area contributed by atoms with Crippen LogP contribution in [0.4, 0.5) is 17.1 Å². The van der Waals surface area contributed by atoms with Crippen LogP contribution in [-0.2, 0) is 14.3 Å². The van der Waals surface area contributed by atoms with Crippen LogP contribution in [0.1, 0.15) is 17.3 Å². The molecule has 0 bridgehead atoms. The Hall–Kier alpha value is -4.02. The van der Waals surface area contributed by atoms with Gasteiger partial charge < -0.3 is 14.8 Å². The predicted octanol–water partition coefficient (Wildman–Crippen LogP) is 2.55. The molecule has 3 aromatic rings. The van der Waals surface area contributed by atoms with E-state index in [1.165, 1.54) is 31.2 Å². The summed E-state index contributed by atoms with van der Waals surface area (Å²) >= 11 is 0. The molecule has 0 unspecified atom stereocenters. The number of benzene rings is 2. The number of rotatable bonds is 6. The predicted molar refractivity (Wildman–Crippen MR) is 90.2 cm³/mol. The van der Waals surface area contributed by atoms with Crippen LogP contribution in [-0.4, -0.2) is 34.0 Å². The van der Waals surface area contributed by atoms with Crippen LogP contribution in [0.3, 0.4) is 0 Å². The molecule has 0 aliphatic rings. The van der Waals surface area contributed by atoms with Gasteiger partial charge in [0, 0.05) is 18.7 Å². The van der Waals surface area contributed by atoms with Crippen LogP contribution in [0, 0.1) is 10.1 Å². The standard InChI is InChI=1S/C16H12N4O7/c1-9(21)25-8-26-16(22)10-2-4-11(5-3-10)17-12-6-7-13(20(23)24)15-14(12)18-27-19-15/h2-7,17H,8H2,1H3. The Morgan fingerprint density at radius 1 is 1.11 bits per heavy atom. The fourth-order valence-corrected chi connectivity index (χ4v) is 2.20. The van der Waals surface area contributed by atoms with E-state index >= 15 is 0 Å². The first kappa shape index (κ1) is 17.8. The maximum Gasteiger partial charge on any atom is 0.341 e. The number of nitro benzene ring substituents is 1. The Morgan fingerprint density at radius 2 is 1.81 bits per heavy atom. The lowest BCUT2D eigenvalue weighted by Crippen LogP contribution is -2.10. The highest BCUT2D eigenvalue weighted by Crippen LogP contribution is 2.30. The van der Waals surface area contributed by atoms with Gasteiger partial charge in [-0.15, -0.1) is 0 Å². The summed E-state index contributed by atoms with van der Waals surface area (Å²) in [6, 6.07) is 8.97. The van der Waals surface area contributed by atoms with Crippen molar-refractivity contribution in [1.82, 2.24) is 10.3 Å². The van der Waals surface area contributed by atoms with Gasteiger partial charge in [0.15, 0.2) is 5.52 Å². The molecule has 1 aromatic heterocycles. The Bertz CT molecular complexity index is 1010. The number of nitrogens with zero attached hydrogens (tertiary/aromatic N) is 3. The molecule has 1 N–H and O–H groups in total. The molecule has 0 aliphatic heterocycles. The monoisotopic (exact) mass is 372 g/mol.